The maximum absolute atomic E-state index is 11.4. The highest BCUT2D eigenvalue weighted by Gasteiger charge is 2.44. The summed E-state index contributed by atoms with van der Waals surface area (Å²) in [5, 5.41) is 3.28. The minimum atomic E-state index is -0.217. The molecular formula is C9H16N2O2. The van der Waals surface area contributed by atoms with Crippen LogP contribution in [-0.2, 0) is 4.74 Å². The third-order valence-corrected chi connectivity index (χ3v) is 2.86. The summed E-state index contributed by atoms with van der Waals surface area (Å²) in [6, 6.07) is 0. The van der Waals surface area contributed by atoms with Gasteiger partial charge in [0.25, 0.3) is 0 Å². The molecule has 2 fully saturated rings. The van der Waals surface area contributed by atoms with Gasteiger partial charge in [0.1, 0.15) is 5.60 Å². The molecule has 0 aliphatic carbocycles. The second kappa shape index (κ2) is 3.18. The third kappa shape index (κ3) is 1.50. The molecule has 0 unspecified atom stereocenters. The number of nitrogens with one attached hydrogen (secondary N) is 1. The second-order valence-electron chi connectivity index (χ2n) is 3.85. The van der Waals surface area contributed by atoms with Gasteiger partial charge in [0.05, 0.1) is 6.54 Å². The molecule has 0 aromatic carbocycles. The zero-order valence-electron chi connectivity index (χ0n) is 8.01. The van der Waals surface area contributed by atoms with E-state index in [1.807, 2.05) is 6.92 Å². The van der Waals surface area contributed by atoms with Gasteiger partial charge in [-0.25, -0.2) is 4.79 Å². The van der Waals surface area contributed by atoms with Crippen LogP contribution in [0.1, 0.15) is 19.8 Å². The Balaban J connectivity index is 2.05. The summed E-state index contributed by atoms with van der Waals surface area (Å²) in [6.07, 6.45) is 1.96. The number of ether oxygens (including phenoxy) is 1. The Labute approximate surface area is 78.2 Å². The second-order valence-corrected chi connectivity index (χ2v) is 3.85. The number of rotatable bonds is 1. The molecule has 0 aromatic heterocycles. The normalized spacial score (nSPS) is 33.9. The number of carbonyl (C=O) groups excluding carboxylic acids is 1. The molecular weight excluding hydrogens is 168 g/mol. The highest BCUT2D eigenvalue weighted by Crippen LogP contribution is 2.28. The lowest BCUT2D eigenvalue weighted by Gasteiger charge is -2.31. The summed E-state index contributed by atoms with van der Waals surface area (Å²) >= 11 is 0. The van der Waals surface area contributed by atoms with Gasteiger partial charge in [-0.1, -0.05) is 0 Å². The van der Waals surface area contributed by atoms with E-state index in [0.29, 0.717) is 0 Å². The van der Waals surface area contributed by atoms with Gasteiger partial charge < -0.3 is 15.0 Å². The van der Waals surface area contributed by atoms with Crippen LogP contribution in [0.5, 0.6) is 0 Å². The van der Waals surface area contributed by atoms with Gasteiger partial charge in [0.15, 0.2) is 0 Å². The standard InChI is InChI=1S/C9H16N2O2/c1-2-11-7-9(13-8(11)12)4-3-5-10-6-9/h10H,2-7H2,1H3/t9-/m1/s1. The molecule has 0 saturated carbocycles. The van der Waals surface area contributed by atoms with Gasteiger partial charge in [0, 0.05) is 13.1 Å². The van der Waals surface area contributed by atoms with Crippen molar-refractivity contribution >= 4 is 6.09 Å². The van der Waals surface area contributed by atoms with E-state index in [0.717, 1.165) is 39.0 Å². The van der Waals surface area contributed by atoms with Crippen LogP contribution in [-0.4, -0.2) is 42.8 Å². The maximum Gasteiger partial charge on any atom is 0.410 e. The van der Waals surface area contributed by atoms with Crippen LogP contribution in [0.25, 0.3) is 0 Å². The Morgan fingerprint density at radius 3 is 3.08 bits per heavy atom. The molecule has 2 aliphatic heterocycles. The number of amides is 1. The molecule has 4 heteroatoms. The minimum Gasteiger partial charge on any atom is -0.440 e. The summed E-state index contributed by atoms with van der Waals surface area (Å²) in [6.45, 7) is 5.35. The number of nitrogens with zero attached hydrogens (tertiary/aromatic N) is 1. The molecule has 2 rings (SSSR count). The van der Waals surface area contributed by atoms with Gasteiger partial charge in [0.2, 0.25) is 0 Å². The van der Waals surface area contributed by atoms with E-state index >= 15 is 0 Å². The Morgan fingerprint density at radius 2 is 2.54 bits per heavy atom. The van der Waals surface area contributed by atoms with Gasteiger partial charge in [-0.15, -0.1) is 0 Å². The van der Waals surface area contributed by atoms with Crippen molar-refractivity contribution in [2.45, 2.75) is 25.4 Å². The van der Waals surface area contributed by atoms with Crippen molar-refractivity contribution in [1.82, 2.24) is 10.2 Å². The van der Waals surface area contributed by atoms with Crippen LogP contribution in [0.2, 0.25) is 0 Å². The molecule has 1 spiro atoms. The molecule has 13 heavy (non-hydrogen) atoms. The molecule has 1 amide bonds. The van der Waals surface area contributed by atoms with Crippen LogP contribution in [0.4, 0.5) is 4.79 Å². The van der Waals surface area contributed by atoms with E-state index < -0.39 is 0 Å². The first kappa shape index (κ1) is 8.81. The summed E-state index contributed by atoms with van der Waals surface area (Å²) in [5.41, 5.74) is -0.217. The Morgan fingerprint density at radius 1 is 1.69 bits per heavy atom. The van der Waals surface area contributed by atoms with Crippen molar-refractivity contribution in [3.05, 3.63) is 0 Å². The fourth-order valence-corrected chi connectivity index (χ4v) is 2.10. The molecule has 1 atom stereocenters. The zero-order chi connectivity index (χ0) is 9.31. The third-order valence-electron chi connectivity index (χ3n) is 2.86. The highest BCUT2D eigenvalue weighted by atomic mass is 16.6. The van der Waals surface area contributed by atoms with E-state index in [1.165, 1.54) is 0 Å². The first-order valence-corrected chi connectivity index (χ1v) is 4.94. The molecule has 1 N–H and O–H groups in total. The van der Waals surface area contributed by atoms with E-state index in [1.54, 1.807) is 4.90 Å². The van der Waals surface area contributed by atoms with Crippen molar-refractivity contribution in [3.8, 4) is 0 Å². The Kier molecular flexibility index (Phi) is 2.15. The smallest absolute Gasteiger partial charge is 0.410 e. The van der Waals surface area contributed by atoms with Gasteiger partial charge in [-0.2, -0.15) is 0 Å². The lowest BCUT2D eigenvalue weighted by atomic mass is 9.94. The lowest BCUT2D eigenvalue weighted by Crippen LogP contribution is -2.48. The predicted octanol–water partition coefficient (Wildman–Crippen LogP) is 0.581. The molecule has 0 bridgehead atoms. The quantitative estimate of drug-likeness (QED) is 0.648. The summed E-state index contributed by atoms with van der Waals surface area (Å²) in [5.74, 6) is 0. The highest BCUT2D eigenvalue weighted by molar-refractivity contribution is 5.70. The van der Waals surface area contributed by atoms with Crippen LogP contribution in [0.3, 0.4) is 0 Å². The van der Waals surface area contributed by atoms with Crippen molar-refractivity contribution in [1.29, 1.82) is 0 Å². The fourth-order valence-electron chi connectivity index (χ4n) is 2.10. The van der Waals surface area contributed by atoms with E-state index in [2.05, 4.69) is 5.32 Å². The molecule has 2 heterocycles. The summed E-state index contributed by atoms with van der Waals surface area (Å²) in [7, 11) is 0. The number of carbonyl (C=O) groups is 1. The van der Waals surface area contributed by atoms with Crippen molar-refractivity contribution < 1.29 is 9.53 Å². The van der Waals surface area contributed by atoms with E-state index in [9.17, 15) is 4.79 Å². The largest absolute Gasteiger partial charge is 0.440 e. The molecule has 0 aromatic rings. The van der Waals surface area contributed by atoms with Gasteiger partial charge >= 0.3 is 6.09 Å². The lowest BCUT2D eigenvalue weighted by molar-refractivity contribution is 0.0366. The zero-order valence-corrected chi connectivity index (χ0v) is 8.01. The maximum atomic E-state index is 11.4. The van der Waals surface area contributed by atoms with Crippen molar-refractivity contribution in [2.24, 2.45) is 0 Å². The molecule has 2 aliphatic rings. The average Bonchev–Trinajstić information content (AvgIpc) is 2.44. The Bertz CT molecular complexity index is 212. The number of likely N-dealkylation sites (N-methyl/N-ethyl adjacent to an activating group) is 1. The van der Waals surface area contributed by atoms with Crippen LogP contribution < -0.4 is 5.32 Å². The molecule has 74 valence electrons. The number of piperidine rings is 1. The summed E-state index contributed by atoms with van der Waals surface area (Å²) < 4.78 is 5.42. The number of hydrogen-bond donors (Lipinski definition) is 1. The molecule has 4 nitrogen and oxygen atoms in total. The van der Waals surface area contributed by atoms with Gasteiger partial charge in [-0.05, 0) is 26.3 Å². The number of hydrogen-bond acceptors (Lipinski definition) is 3. The predicted molar refractivity (Wildman–Crippen MR) is 48.6 cm³/mol. The monoisotopic (exact) mass is 184 g/mol. The first-order valence-electron chi connectivity index (χ1n) is 4.94. The van der Waals surface area contributed by atoms with Crippen molar-refractivity contribution in [2.75, 3.05) is 26.2 Å². The van der Waals surface area contributed by atoms with Crippen LogP contribution in [0.15, 0.2) is 0 Å². The van der Waals surface area contributed by atoms with Crippen LogP contribution >= 0.6 is 0 Å². The van der Waals surface area contributed by atoms with Crippen LogP contribution in [0, 0.1) is 0 Å². The minimum absolute atomic E-state index is 0.147. The van der Waals surface area contributed by atoms with E-state index in [4.69, 9.17) is 4.74 Å². The SMILES string of the molecule is CCN1C[C@]2(CCCNC2)OC1=O. The molecule has 2 saturated heterocycles. The topological polar surface area (TPSA) is 41.6 Å². The Hall–Kier alpha value is -0.770. The van der Waals surface area contributed by atoms with Gasteiger partial charge in [-0.3, -0.25) is 0 Å². The summed E-state index contributed by atoms with van der Waals surface area (Å²) in [4.78, 5) is 13.1. The van der Waals surface area contributed by atoms with Crippen molar-refractivity contribution in [3.63, 3.8) is 0 Å². The molecule has 0 radical (unpaired) electrons. The average molecular weight is 184 g/mol. The van der Waals surface area contributed by atoms with E-state index in [-0.39, 0.29) is 11.7 Å². The first-order chi connectivity index (χ1) is 6.26. The fraction of sp³-hybridized carbons (Fsp3) is 0.889.